The first-order valence-electron chi connectivity index (χ1n) is 23.3. The molecule has 1 aromatic heterocycles. The smallest absolute Gasteiger partial charge is 0.324 e. The Balaban J connectivity index is 1.43. The van der Waals surface area contributed by atoms with Crippen LogP contribution in [-0.4, -0.2) is 120 Å². The van der Waals surface area contributed by atoms with E-state index in [2.05, 4.69) is 84.5 Å². The van der Waals surface area contributed by atoms with E-state index in [9.17, 15) is 19.2 Å². The molecule has 0 saturated carbocycles. The first-order chi connectivity index (χ1) is 31.0. The van der Waals surface area contributed by atoms with Gasteiger partial charge in [-0.3, -0.25) is 34.1 Å². The van der Waals surface area contributed by atoms with Crippen molar-refractivity contribution in [2.45, 2.75) is 111 Å². The van der Waals surface area contributed by atoms with Crippen LogP contribution in [0.15, 0.2) is 78.5 Å². The second-order valence-electron chi connectivity index (χ2n) is 19.1. The summed E-state index contributed by atoms with van der Waals surface area (Å²) in [6.07, 6.45) is 7.42. The number of hydrogen-bond acceptors (Lipinski definition) is 9. The molecule has 65 heavy (non-hydrogen) atoms. The molecule has 2 aromatic carbocycles. The molecular weight excluding hydrogens is 819 g/mol. The molecule has 6 bridgehead atoms. The monoisotopic (exact) mass is 890 g/mol. The highest BCUT2D eigenvalue weighted by atomic mass is 16.5. The molecule has 5 atom stereocenters. The molecule has 3 aromatic rings. The molecule has 13 nitrogen and oxygen atoms in total. The van der Waals surface area contributed by atoms with Gasteiger partial charge in [0, 0.05) is 74.4 Å². The molecule has 0 radical (unpaired) electrons. The van der Waals surface area contributed by atoms with E-state index in [1.807, 2.05) is 53.0 Å². The number of nitrogens with zero attached hydrogens (tertiary/aromatic N) is 5. The normalized spacial score (nSPS) is 21.9. The maximum atomic E-state index is 14.7. The number of nitrogens with one attached hydrogen (secondary N) is 2. The van der Waals surface area contributed by atoms with E-state index in [0.29, 0.717) is 52.0 Å². The van der Waals surface area contributed by atoms with Crippen LogP contribution in [0.2, 0.25) is 0 Å². The third-order valence-electron chi connectivity index (χ3n) is 13.2. The van der Waals surface area contributed by atoms with Crippen LogP contribution in [0.4, 0.5) is 0 Å². The quantitative estimate of drug-likeness (QED) is 0.0812. The van der Waals surface area contributed by atoms with Crippen molar-refractivity contribution in [3.8, 4) is 11.1 Å². The lowest BCUT2D eigenvalue weighted by Gasteiger charge is -2.37. The Bertz CT molecular complexity index is 2330. The van der Waals surface area contributed by atoms with Crippen LogP contribution >= 0.6 is 0 Å². The number of rotatable bonds is 13. The number of allylic oxidation sites excluding steroid dienone is 2. The third kappa shape index (κ3) is 11.0. The maximum Gasteiger partial charge on any atom is 0.324 e. The van der Waals surface area contributed by atoms with Gasteiger partial charge < -0.3 is 24.3 Å². The van der Waals surface area contributed by atoms with Crippen molar-refractivity contribution in [2.24, 2.45) is 22.2 Å². The molecule has 3 aliphatic heterocycles. The molecule has 3 amide bonds. The number of carbonyl (C=O) groups excluding carboxylic acids is 4. The van der Waals surface area contributed by atoms with Crippen molar-refractivity contribution in [2.75, 3.05) is 46.9 Å². The van der Waals surface area contributed by atoms with Gasteiger partial charge in [0.2, 0.25) is 11.8 Å². The summed E-state index contributed by atoms with van der Waals surface area (Å²) in [6.45, 7) is 25.3. The van der Waals surface area contributed by atoms with Gasteiger partial charge >= 0.3 is 5.97 Å². The Hall–Kier alpha value is -5.37. The number of aliphatic imine (C=N–C) groups is 1. The number of likely N-dealkylation sites (tertiary alicyclic amines) is 1. The minimum atomic E-state index is -0.937. The lowest BCUT2D eigenvalue weighted by atomic mass is 9.84. The minimum Gasteiger partial charge on any atom is -0.464 e. The molecule has 2 saturated heterocycles. The van der Waals surface area contributed by atoms with Crippen molar-refractivity contribution < 1.29 is 28.7 Å². The van der Waals surface area contributed by atoms with Crippen LogP contribution < -0.4 is 10.7 Å². The number of cyclic esters (lactones) is 1. The van der Waals surface area contributed by atoms with Gasteiger partial charge in [0.25, 0.3) is 5.91 Å². The first kappa shape index (κ1) is 49.1. The highest BCUT2D eigenvalue weighted by Gasteiger charge is 2.38. The molecule has 0 spiro atoms. The average Bonchev–Trinajstić information content (AvgIpc) is 3.88. The first-order valence-corrected chi connectivity index (χ1v) is 23.3. The van der Waals surface area contributed by atoms with Crippen molar-refractivity contribution in [3.63, 3.8) is 0 Å². The van der Waals surface area contributed by atoms with E-state index in [-0.39, 0.29) is 48.7 Å². The number of likely N-dealkylation sites (N-methyl/N-ethyl adjacent to an activating group) is 1. The number of fused-ring (bicyclic) bond motifs is 6. The van der Waals surface area contributed by atoms with E-state index in [0.717, 1.165) is 56.5 Å². The fourth-order valence-corrected chi connectivity index (χ4v) is 10.0. The van der Waals surface area contributed by atoms with E-state index in [1.165, 1.54) is 11.1 Å². The molecular formula is C52H71N7O6. The number of esters is 1. The Kier molecular flexibility index (Phi) is 16.1. The largest absolute Gasteiger partial charge is 0.464 e. The number of hydrazine groups is 1. The topological polar surface area (TPSA) is 138 Å². The second-order valence-corrected chi connectivity index (χ2v) is 19.1. The summed E-state index contributed by atoms with van der Waals surface area (Å²) in [5, 5.41) is 5.75. The zero-order valence-corrected chi connectivity index (χ0v) is 40.1. The van der Waals surface area contributed by atoms with Crippen LogP contribution in [0.3, 0.4) is 0 Å². The van der Waals surface area contributed by atoms with Crippen molar-refractivity contribution in [1.29, 1.82) is 0 Å². The maximum absolute atomic E-state index is 14.7. The van der Waals surface area contributed by atoms with Crippen molar-refractivity contribution in [1.82, 2.24) is 30.1 Å². The predicted octanol–water partition coefficient (Wildman–Crippen LogP) is 6.99. The summed E-state index contributed by atoms with van der Waals surface area (Å²) in [4.78, 5) is 64.1. The van der Waals surface area contributed by atoms with Gasteiger partial charge in [0.15, 0.2) is 0 Å². The van der Waals surface area contributed by atoms with E-state index < -0.39 is 29.5 Å². The van der Waals surface area contributed by atoms with Crippen LogP contribution in [-0.2, 0) is 48.0 Å². The SMILES string of the molecule is C=CC(=O)N1CCC(CN(C)[C@H](C(=O)N[C@H]2Cc3cccc(c3)-c3ccc4c(c3)c(c(/C(C=C)=C(/N=CC)[C@H](C)OC)n4CC)CC(C)(C)COC(=O)[C@@H]3CCCN(N3)C2=O)C(C)C)C1. The molecule has 4 heterocycles. The second kappa shape index (κ2) is 21.3. The standard InChI is InChI=1S/C52H71N7O6/c1-12-39(46(53-14-3)34(7)64-11)48-41-29-52(8,9)32-65-51(63)42-20-17-24-59(55-42)50(62)43(27-35-18-16-19-37(26-35)38-21-22-44(40(41)28-38)58(48)15-4)54-49(61)47(33(5)6)56(10)30-36-23-25-57(31-36)45(60)13-2/h12-14,16,18-19,21-22,26,28,33-34,36,42-43,47,55H,1-2,15,17,20,23-25,27,29-32H2,3-11H3,(H,54,61)/b46-39+,53-14?/t34-,36?,42-,43-,47-/m0/s1. The molecule has 6 rings (SSSR count). The highest BCUT2D eigenvalue weighted by molar-refractivity contribution is 5.96. The number of hydrogen-bond donors (Lipinski definition) is 2. The predicted molar refractivity (Wildman–Crippen MR) is 259 cm³/mol. The minimum absolute atomic E-state index is 0.0725. The van der Waals surface area contributed by atoms with Crippen LogP contribution in [0, 0.1) is 17.3 Å². The number of methoxy groups -OCH3 is 1. The third-order valence-corrected chi connectivity index (χ3v) is 13.2. The lowest BCUT2D eigenvalue weighted by Crippen LogP contribution is -2.62. The van der Waals surface area contributed by atoms with Gasteiger partial charge in [-0.1, -0.05) is 77.3 Å². The molecule has 350 valence electrons. The van der Waals surface area contributed by atoms with Gasteiger partial charge in [-0.2, -0.15) is 0 Å². The molecule has 1 unspecified atom stereocenters. The molecule has 2 fully saturated rings. The number of benzene rings is 2. The van der Waals surface area contributed by atoms with E-state index in [4.69, 9.17) is 14.5 Å². The van der Waals surface area contributed by atoms with Gasteiger partial charge in [0.05, 0.1) is 30.1 Å². The summed E-state index contributed by atoms with van der Waals surface area (Å²) in [5.74, 6) is -0.943. The van der Waals surface area contributed by atoms with E-state index in [1.54, 1.807) is 18.2 Å². The van der Waals surface area contributed by atoms with Gasteiger partial charge in [-0.15, -0.1) is 0 Å². The zero-order valence-electron chi connectivity index (χ0n) is 40.1. The highest BCUT2D eigenvalue weighted by Crippen LogP contribution is 2.40. The lowest BCUT2D eigenvalue weighted by molar-refractivity contribution is -0.155. The summed E-state index contributed by atoms with van der Waals surface area (Å²) in [7, 11) is 3.62. The van der Waals surface area contributed by atoms with Gasteiger partial charge in [0.1, 0.15) is 12.1 Å². The Morgan fingerprint density at radius 2 is 1.83 bits per heavy atom. The summed E-state index contributed by atoms with van der Waals surface area (Å²) < 4.78 is 14.3. The van der Waals surface area contributed by atoms with Crippen LogP contribution in [0.25, 0.3) is 27.6 Å². The Labute approximate surface area is 385 Å². The number of aromatic nitrogens is 1. The zero-order chi connectivity index (χ0) is 47.2. The molecule has 0 aliphatic carbocycles. The number of aryl methyl sites for hydroxylation is 1. The summed E-state index contributed by atoms with van der Waals surface area (Å²) in [6, 6.07) is 12.5. The van der Waals surface area contributed by atoms with E-state index >= 15 is 0 Å². The van der Waals surface area contributed by atoms with Crippen LogP contribution in [0.5, 0.6) is 0 Å². The number of ether oxygens (including phenoxy) is 2. The molecule has 2 N–H and O–H groups in total. The van der Waals surface area contributed by atoms with Gasteiger partial charge in [-0.05, 0) is 106 Å². The summed E-state index contributed by atoms with van der Waals surface area (Å²) >= 11 is 0. The Morgan fingerprint density at radius 1 is 1.08 bits per heavy atom. The van der Waals surface area contributed by atoms with Crippen LogP contribution in [0.1, 0.15) is 84.5 Å². The number of carbonyl (C=O) groups is 4. The van der Waals surface area contributed by atoms with Crippen molar-refractivity contribution >= 4 is 46.4 Å². The summed E-state index contributed by atoms with van der Waals surface area (Å²) in [5.41, 5.74) is 10.4. The van der Waals surface area contributed by atoms with Crippen molar-refractivity contribution in [3.05, 3.63) is 90.3 Å². The molecule has 3 aliphatic rings. The number of amides is 3. The molecule has 13 heteroatoms. The Morgan fingerprint density at radius 3 is 2.51 bits per heavy atom. The fraction of sp³-hybridized carbons (Fsp3) is 0.519. The average molecular weight is 890 g/mol. The fourth-order valence-electron chi connectivity index (χ4n) is 10.0. The van der Waals surface area contributed by atoms with Gasteiger partial charge in [-0.25, -0.2) is 5.43 Å².